The normalized spacial score (nSPS) is 10.9. The minimum Gasteiger partial charge on any atom is -0.493 e. The van der Waals surface area contributed by atoms with Crippen molar-refractivity contribution in [2.45, 2.75) is 6.92 Å². The van der Waals surface area contributed by atoms with Gasteiger partial charge >= 0.3 is 0 Å². The van der Waals surface area contributed by atoms with Crippen molar-refractivity contribution in [3.8, 4) is 11.5 Å². The molecule has 0 fully saturated rings. The molecule has 0 saturated heterocycles. The summed E-state index contributed by atoms with van der Waals surface area (Å²) in [6, 6.07) is 21.1. The van der Waals surface area contributed by atoms with Crippen LogP contribution in [0.15, 0.2) is 77.9 Å². The van der Waals surface area contributed by atoms with Gasteiger partial charge in [-0.1, -0.05) is 30.3 Å². The molecule has 3 aromatic carbocycles. The van der Waals surface area contributed by atoms with Gasteiger partial charge in [0.2, 0.25) is 0 Å². The maximum Gasteiger partial charge on any atom is 0.271 e. The van der Waals surface area contributed by atoms with Crippen LogP contribution in [0, 0.1) is 0 Å². The molecule has 0 unspecified atom stereocenters. The third-order valence-electron chi connectivity index (χ3n) is 4.57. The summed E-state index contributed by atoms with van der Waals surface area (Å²) < 4.78 is 10.4. The third kappa shape index (κ3) is 5.48. The molecule has 0 aromatic heterocycles. The summed E-state index contributed by atoms with van der Waals surface area (Å²) in [4.78, 5) is 24.6. The second-order valence-corrected chi connectivity index (χ2v) is 6.61. The van der Waals surface area contributed by atoms with Crippen molar-refractivity contribution in [3.63, 3.8) is 0 Å². The molecule has 2 N–H and O–H groups in total. The predicted molar refractivity (Wildman–Crippen MR) is 120 cm³/mol. The number of hydrazone groups is 1. The van der Waals surface area contributed by atoms with Crippen molar-refractivity contribution in [1.29, 1.82) is 0 Å². The number of amides is 2. The quantitative estimate of drug-likeness (QED) is 0.447. The van der Waals surface area contributed by atoms with E-state index in [1.807, 2.05) is 30.3 Å². The van der Waals surface area contributed by atoms with E-state index in [1.54, 1.807) is 49.4 Å². The standard InChI is InChI=1S/C24H23N3O4/c1-16(26-27-24(29)19-11-14-21(30-2)22(15-19)31-3)17-9-12-20(13-10-17)25-23(28)18-7-5-4-6-8-18/h4-15H,1-3H3,(H,25,28)(H,27,29)/b26-16-. The Hall–Kier alpha value is -4.13. The number of carbonyl (C=O) groups is 2. The topological polar surface area (TPSA) is 89.0 Å². The number of benzene rings is 3. The number of hydrogen-bond acceptors (Lipinski definition) is 5. The Kier molecular flexibility index (Phi) is 7.01. The maximum absolute atomic E-state index is 12.4. The van der Waals surface area contributed by atoms with Crippen LogP contribution >= 0.6 is 0 Å². The number of anilines is 1. The molecule has 2 amide bonds. The Bertz CT molecular complexity index is 1090. The molecule has 0 spiro atoms. The van der Waals surface area contributed by atoms with Crippen LogP contribution in [0.2, 0.25) is 0 Å². The van der Waals surface area contributed by atoms with Gasteiger partial charge in [-0.25, -0.2) is 5.43 Å². The van der Waals surface area contributed by atoms with Crippen molar-refractivity contribution < 1.29 is 19.1 Å². The molecule has 0 aliphatic carbocycles. The highest BCUT2D eigenvalue weighted by Crippen LogP contribution is 2.27. The molecule has 0 saturated carbocycles. The Morgan fingerprint density at radius 3 is 2.03 bits per heavy atom. The summed E-state index contributed by atoms with van der Waals surface area (Å²) in [6.45, 7) is 1.78. The van der Waals surface area contributed by atoms with Gasteiger partial charge in [0.1, 0.15) is 0 Å². The number of nitrogens with zero attached hydrogens (tertiary/aromatic N) is 1. The fraction of sp³-hybridized carbons (Fsp3) is 0.125. The van der Waals surface area contributed by atoms with Crippen molar-refractivity contribution in [2.75, 3.05) is 19.5 Å². The molecular weight excluding hydrogens is 394 g/mol. The Balaban J connectivity index is 1.64. The minimum absolute atomic E-state index is 0.180. The first kappa shape index (κ1) is 21.6. The molecule has 3 rings (SSSR count). The van der Waals surface area contributed by atoms with E-state index in [-0.39, 0.29) is 11.8 Å². The van der Waals surface area contributed by atoms with E-state index in [0.29, 0.717) is 34.0 Å². The van der Waals surface area contributed by atoms with Crippen LogP contribution < -0.4 is 20.2 Å². The molecule has 31 heavy (non-hydrogen) atoms. The molecule has 0 radical (unpaired) electrons. The smallest absolute Gasteiger partial charge is 0.271 e. The molecule has 0 heterocycles. The summed E-state index contributed by atoms with van der Waals surface area (Å²) in [5.74, 6) is 0.454. The molecule has 0 bridgehead atoms. The van der Waals surface area contributed by atoms with Gasteiger partial charge in [0, 0.05) is 16.8 Å². The van der Waals surface area contributed by atoms with E-state index in [1.165, 1.54) is 14.2 Å². The lowest BCUT2D eigenvalue weighted by Gasteiger charge is -2.09. The first-order chi connectivity index (χ1) is 15.0. The van der Waals surface area contributed by atoms with E-state index in [0.717, 1.165) is 5.56 Å². The average molecular weight is 417 g/mol. The van der Waals surface area contributed by atoms with Crippen molar-refractivity contribution in [1.82, 2.24) is 5.43 Å². The molecular formula is C24H23N3O4. The second-order valence-electron chi connectivity index (χ2n) is 6.61. The Morgan fingerprint density at radius 2 is 1.39 bits per heavy atom. The van der Waals surface area contributed by atoms with Crippen molar-refractivity contribution >= 4 is 23.2 Å². The van der Waals surface area contributed by atoms with E-state index >= 15 is 0 Å². The zero-order valence-corrected chi connectivity index (χ0v) is 17.5. The van der Waals surface area contributed by atoms with Crippen LogP contribution in [0.1, 0.15) is 33.2 Å². The Labute approximate surface area is 180 Å². The van der Waals surface area contributed by atoms with E-state index in [4.69, 9.17) is 9.47 Å². The highest BCUT2D eigenvalue weighted by molar-refractivity contribution is 6.05. The van der Waals surface area contributed by atoms with Crippen molar-refractivity contribution in [3.05, 3.63) is 89.5 Å². The van der Waals surface area contributed by atoms with Gasteiger partial charge < -0.3 is 14.8 Å². The molecule has 0 atom stereocenters. The lowest BCUT2D eigenvalue weighted by atomic mass is 10.1. The lowest BCUT2D eigenvalue weighted by Crippen LogP contribution is -2.19. The zero-order chi connectivity index (χ0) is 22.2. The van der Waals surface area contributed by atoms with E-state index in [2.05, 4.69) is 15.8 Å². The molecule has 3 aromatic rings. The highest BCUT2D eigenvalue weighted by Gasteiger charge is 2.11. The summed E-state index contributed by atoms with van der Waals surface area (Å²) in [5, 5.41) is 7.01. The fourth-order valence-electron chi connectivity index (χ4n) is 2.83. The van der Waals surface area contributed by atoms with Gasteiger partial charge in [0.05, 0.1) is 19.9 Å². The number of nitrogens with one attached hydrogen (secondary N) is 2. The van der Waals surface area contributed by atoms with Crippen LogP contribution in [-0.2, 0) is 0 Å². The summed E-state index contributed by atoms with van der Waals surface area (Å²) >= 11 is 0. The lowest BCUT2D eigenvalue weighted by molar-refractivity contribution is 0.0953. The second kappa shape index (κ2) is 10.1. The predicted octanol–water partition coefficient (Wildman–Crippen LogP) is 4.11. The highest BCUT2D eigenvalue weighted by atomic mass is 16.5. The first-order valence-electron chi connectivity index (χ1n) is 9.55. The SMILES string of the molecule is COc1ccc(C(=O)N/N=C(/C)c2ccc(NC(=O)c3ccccc3)cc2)cc1OC. The van der Waals surface area contributed by atoms with Crippen LogP contribution in [0.25, 0.3) is 0 Å². The largest absolute Gasteiger partial charge is 0.493 e. The first-order valence-corrected chi connectivity index (χ1v) is 9.55. The van der Waals surface area contributed by atoms with Crippen LogP contribution in [-0.4, -0.2) is 31.7 Å². The fourth-order valence-corrected chi connectivity index (χ4v) is 2.83. The number of rotatable bonds is 7. The third-order valence-corrected chi connectivity index (χ3v) is 4.57. The van der Waals surface area contributed by atoms with E-state index < -0.39 is 0 Å². The van der Waals surface area contributed by atoms with Gasteiger partial charge in [-0.05, 0) is 55.0 Å². The van der Waals surface area contributed by atoms with Gasteiger partial charge in [-0.15, -0.1) is 0 Å². The maximum atomic E-state index is 12.4. The van der Waals surface area contributed by atoms with Gasteiger partial charge in [0.15, 0.2) is 11.5 Å². The van der Waals surface area contributed by atoms with Gasteiger partial charge in [-0.2, -0.15) is 5.10 Å². The number of methoxy groups -OCH3 is 2. The van der Waals surface area contributed by atoms with Crippen LogP contribution in [0.4, 0.5) is 5.69 Å². The van der Waals surface area contributed by atoms with Crippen LogP contribution in [0.3, 0.4) is 0 Å². The number of hydrogen-bond donors (Lipinski definition) is 2. The molecule has 0 aliphatic heterocycles. The number of carbonyl (C=O) groups excluding carboxylic acids is 2. The minimum atomic E-state index is -0.368. The van der Waals surface area contributed by atoms with Crippen LogP contribution in [0.5, 0.6) is 11.5 Å². The zero-order valence-electron chi connectivity index (χ0n) is 17.5. The summed E-state index contributed by atoms with van der Waals surface area (Å²) in [6.07, 6.45) is 0. The molecule has 0 aliphatic rings. The summed E-state index contributed by atoms with van der Waals surface area (Å²) in [5.41, 5.74) is 5.62. The molecule has 7 nitrogen and oxygen atoms in total. The Morgan fingerprint density at radius 1 is 0.742 bits per heavy atom. The van der Waals surface area contributed by atoms with E-state index in [9.17, 15) is 9.59 Å². The molecule has 7 heteroatoms. The number of ether oxygens (including phenoxy) is 2. The average Bonchev–Trinajstić information content (AvgIpc) is 2.82. The van der Waals surface area contributed by atoms with Gasteiger partial charge in [-0.3, -0.25) is 9.59 Å². The monoisotopic (exact) mass is 417 g/mol. The summed E-state index contributed by atoms with van der Waals surface area (Å²) in [7, 11) is 3.04. The van der Waals surface area contributed by atoms with Crippen molar-refractivity contribution in [2.24, 2.45) is 5.10 Å². The molecule has 158 valence electrons. The van der Waals surface area contributed by atoms with Gasteiger partial charge in [0.25, 0.3) is 11.8 Å².